The summed E-state index contributed by atoms with van der Waals surface area (Å²) in [6.45, 7) is 14.7. The summed E-state index contributed by atoms with van der Waals surface area (Å²) in [5.74, 6) is 0.453. The average Bonchev–Trinajstić information content (AvgIpc) is 2.94. The number of aromatic nitrogens is 4. The van der Waals surface area contributed by atoms with Crippen molar-refractivity contribution in [3.05, 3.63) is 88.1 Å². The molecule has 41 heavy (non-hydrogen) atoms. The summed E-state index contributed by atoms with van der Waals surface area (Å²) in [6.07, 6.45) is 3.10. The number of hydrogen-bond donors (Lipinski definition) is 0. The summed E-state index contributed by atoms with van der Waals surface area (Å²) in [6, 6.07) is 13.2. The number of benzene rings is 1. The predicted molar refractivity (Wildman–Crippen MR) is 167 cm³/mol. The van der Waals surface area contributed by atoms with Crippen LogP contribution < -0.4 is 10.6 Å². The first kappa shape index (κ1) is 29.9. The van der Waals surface area contributed by atoms with Gasteiger partial charge in [-0.05, 0) is 50.5 Å². The molecule has 5 rings (SSSR count). The second-order valence-corrected chi connectivity index (χ2v) is 11.1. The number of aryl methyl sites for hydroxylation is 1. The van der Waals surface area contributed by atoms with E-state index in [9.17, 15) is 9.59 Å². The first-order valence-corrected chi connectivity index (χ1v) is 13.8. The molecule has 9 heteroatoms. The number of amides is 1. The molecule has 0 N–H and O–H groups in total. The van der Waals surface area contributed by atoms with Crippen molar-refractivity contribution in [2.24, 2.45) is 0 Å². The molecule has 0 aliphatic carbocycles. The molecule has 0 radical (unpaired) electrons. The highest BCUT2D eigenvalue weighted by Gasteiger charge is 2.34. The van der Waals surface area contributed by atoms with Gasteiger partial charge in [0.25, 0.3) is 0 Å². The molecule has 4 aromatic rings. The van der Waals surface area contributed by atoms with Crippen molar-refractivity contribution in [3.8, 4) is 16.9 Å². The van der Waals surface area contributed by atoms with Crippen LogP contribution in [-0.4, -0.2) is 55.5 Å². The minimum atomic E-state index is -0.446. The summed E-state index contributed by atoms with van der Waals surface area (Å²) in [5, 5.41) is 1.12. The van der Waals surface area contributed by atoms with Crippen molar-refractivity contribution in [3.63, 3.8) is 0 Å². The topological polar surface area (TPSA) is 84.2 Å². The van der Waals surface area contributed by atoms with Crippen LogP contribution in [0.25, 0.3) is 28.0 Å². The number of anilines is 1. The quantitative estimate of drug-likeness (QED) is 0.266. The molecule has 214 valence electrons. The molecule has 1 amide bonds. The Kier molecular flexibility index (Phi) is 8.63. The van der Waals surface area contributed by atoms with Gasteiger partial charge >= 0.3 is 5.69 Å². The number of halogens is 1. The Morgan fingerprint density at radius 3 is 2.46 bits per heavy atom. The van der Waals surface area contributed by atoms with Crippen LogP contribution in [0.1, 0.15) is 52.3 Å². The molecule has 0 unspecified atom stereocenters. The molecule has 1 fully saturated rings. The SMILES string of the molecule is C.C=CC(=O)N1C[C@H](C)N(c2nc(=O)n(-c3c(C)ccnc3C(C)C)c3nc(-c4ccccc4)c(Cl)cc23)C[C@H]1C. The lowest BCUT2D eigenvalue weighted by Gasteiger charge is -2.44. The third-order valence-corrected chi connectivity index (χ3v) is 7.78. The molecule has 0 bridgehead atoms. The summed E-state index contributed by atoms with van der Waals surface area (Å²) >= 11 is 6.88. The van der Waals surface area contributed by atoms with Gasteiger partial charge in [-0.15, -0.1) is 0 Å². The van der Waals surface area contributed by atoms with E-state index in [1.165, 1.54) is 6.08 Å². The van der Waals surface area contributed by atoms with E-state index in [0.29, 0.717) is 46.3 Å². The lowest BCUT2D eigenvalue weighted by molar-refractivity contribution is -0.128. The van der Waals surface area contributed by atoms with Crippen molar-refractivity contribution >= 4 is 34.4 Å². The number of carbonyl (C=O) groups excluding carboxylic acids is 1. The molecule has 3 aromatic heterocycles. The Labute approximate surface area is 246 Å². The Hall–Kier alpha value is -4.04. The van der Waals surface area contributed by atoms with E-state index in [-0.39, 0.29) is 31.3 Å². The predicted octanol–water partition coefficient (Wildman–Crippen LogP) is 6.18. The van der Waals surface area contributed by atoms with Gasteiger partial charge in [-0.1, -0.05) is 69.8 Å². The van der Waals surface area contributed by atoms with Crippen molar-refractivity contribution in [1.82, 2.24) is 24.4 Å². The molecular weight excluding hydrogens is 536 g/mol. The molecule has 4 heterocycles. The first-order chi connectivity index (χ1) is 19.1. The number of pyridine rings is 2. The Balaban J connectivity index is 0.00000387. The van der Waals surface area contributed by atoms with E-state index >= 15 is 0 Å². The van der Waals surface area contributed by atoms with Gasteiger partial charge in [-0.2, -0.15) is 4.98 Å². The number of carbonyl (C=O) groups is 1. The second kappa shape index (κ2) is 11.8. The zero-order valence-corrected chi connectivity index (χ0v) is 24.2. The standard InChI is InChI=1S/C31H33ClN6O2.CH4/c1-7-25(39)36-16-21(6)37(17-20(36)5)29-23-15-24(32)27(22-11-9-8-10-12-22)34-30(23)38(31(40)35-29)28-19(4)13-14-33-26(28)18(2)3;/h7-15,18,20-21H,1,16-17H2,2-6H3;1H4/t20-,21+;/m1./s1. The maximum Gasteiger partial charge on any atom is 0.355 e. The van der Waals surface area contributed by atoms with Gasteiger partial charge in [-0.25, -0.2) is 14.3 Å². The fourth-order valence-corrected chi connectivity index (χ4v) is 5.72. The smallest absolute Gasteiger partial charge is 0.349 e. The molecule has 1 aliphatic rings. The molecule has 0 spiro atoms. The second-order valence-electron chi connectivity index (χ2n) is 10.7. The van der Waals surface area contributed by atoms with Crippen molar-refractivity contribution in [1.29, 1.82) is 0 Å². The van der Waals surface area contributed by atoms with Crippen LogP contribution in [0.4, 0.5) is 5.82 Å². The zero-order chi connectivity index (χ0) is 28.7. The zero-order valence-electron chi connectivity index (χ0n) is 23.4. The monoisotopic (exact) mass is 572 g/mol. The fourth-order valence-electron chi connectivity index (χ4n) is 5.46. The summed E-state index contributed by atoms with van der Waals surface area (Å²) in [7, 11) is 0. The van der Waals surface area contributed by atoms with Crippen LogP contribution in [0.3, 0.4) is 0 Å². The number of hydrogen-bond acceptors (Lipinski definition) is 6. The summed E-state index contributed by atoms with van der Waals surface area (Å²) in [4.78, 5) is 44.7. The van der Waals surface area contributed by atoms with Crippen molar-refractivity contribution in [2.75, 3.05) is 18.0 Å². The van der Waals surface area contributed by atoms with Crippen molar-refractivity contribution in [2.45, 2.75) is 60.0 Å². The van der Waals surface area contributed by atoms with E-state index in [1.807, 2.05) is 77.1 Å². The van der Waals surface area contributed by atoms with Gasteiger partial charge < -0.3 is 9.80 Å². The lowest BCUT2D eigenvalue weighted by Crippen LogP contribution is -2.58. The highest BCUT2D eigenvalue weighted by Crippen LogP contribution is 2.35. The van der Waals surface area contributed by atoms with E-state index in [0.717, 1.165) is 16.8 Å². The van der Waals surface area contributed by atoms with E-state index in [1.54, 1.807) is 15.7 Å². The van der Waals surface area contributed by atoms with E-state index in [4.69, 9.17) is 16.6 Å². The number of rotatable bonds is 5. The van der Waals surface area contributed by atoms with Crippen LogP contribution in [0.5, 0.6) is 0 Å². The number of nitrogens with zero attached hydrogens (tertiary/aromatic N) is 6. The van der Waals surface area contributed by atoms with Crippen LogP contribution in [0, 0.1) is 6.92 Å². The largest absolute Gasteiger partial charge is 0.355 e. The minimum absolute atomic E-state index is 0. The van der Waals surface area contributed by atoms with Gasteiger partial charge in [-0.3, -0.25) is 9.78 Å². The van der Waals surface area contributed by atoms with Gasteiger partial charge in [0, 0.05) is 36.9 Å². The molecule has 0 saturated carbocycles. The number of fused-ring (bicyclic) bond motifs is 1. The lowest BCUT2D eigenvalue weighted by atomic mass is 10.0. The normalized spacial score (nSPS) is 17.0. The van der Waals surface area contributed by atoms with Gasteiger partial charge in [0.15, 0.2) is 5.65 Å². The van der Waals surface area contributed by atoms with Crippen LogP contribution >= 0.6 is 11.6 Å². The van der Waals surface area contributed by atoms with Crippen LogP contribution in [0.2, 0.25) is 5.02 Å². The average molecular weight is 573 g/mol. The van der Waals surface area contributed by atoms with Crippen LogP contribution in [0.15, 0.2) is 66.1 Å². The maximum absolute atomic E-state index is 14.0. The molecule has 2 atom stereocenters. The maximum atomic E-state index is 14.0. The highest BCUT2D eigenvalue weighted by atomic mass is 35.5. The Morgan fingerprint density at radius 1 is 1.10 bits per heavy atom. The minimum Gasteiger partial charge on any atom is -0.349 e. The Morgan fingerprint density at radius 2 is 1.80 bits per heavy atom. The molecule has 1 aliphatic heterocycles. The van der Waals surface area contributed by atoms with Gasteiger partial charge in [0.1, 0.15) is 5.82 Å². The Bertz CT molecular complexity index is 1670. The third kappa shape index (κ3) is 5.36. The van der Waals surface area contributed by atoms with Gasteiger partial charge in [0.2, 0.25) is 5.91 Å². The summed E-state index contributed by atoms with van der Waals surface area (Å²) < 4.78 is 1.57. The molecule has 1 saturated heterocycles. The van der Waals surface area contributed by atoms with Crippen molar-refractivity contribution < 1.29 is 4.79 Å². The van der Waals surface area contributed by atoms with Crippen LogP contribution in [-0.2, 0) is 4.79 Å². The third-order valence-electron chi connectivity index (χ3n) is 7.49. The first-order valence-electron chi connectivity index (χ1n) is 13.5. The molecule has 8 nitrogen and oxygen atoms in total. The number of piperazine rings is 1. The van der Waals surface area contributed by atoms with E-state index < -0.39 is 5.69 Å². The highest BCUT2D eigenvalue weighted by molar-refractivity contribution is 6.33. The molecular formula is C32H37ClN6O2. The van der Waals surface area contributed by atoms with E-state index in [2.05, 4.69) is 21.4 Å². The summed E-state index contributed by atoms with van der Waals surface area (Å²) in [5.41, 5.74) is 3.80. The molecule has 1 aromatic carbocycles. The van der Waals surface area contributed by atoms with Gasteiger partial charge in [0.05, 0.1) is 27.5 Å². The fraction of sp³-hybridized carbons (Fsp3) is 0.344.